The molecular formula is C19H20BrClN2O3. The Kier molecular flexibility index (Phi) is 7.48. The summed E-state index contributed by atoms with van der Waals surface area (Å²) in [5.74, 6) is 0.458. The first-order valence-corrected chi connectivity index (χ1v) is 9.23. The Morgan fingerprint density at radius 1 is 1.19 bits per heavy atom. The highest BCUT2D eigenvalue weighted by molar-refractivity contribution is 9.10. The van der Waals surface area contributed by atoms with Gasteiger partial charge in [0.25, 0.3) is 5.91 Å². The number of amides is 2. The number of carbonyl (C=O) groups excluding carboxylic acids is 2. The minimum Gasteiger partial charge on any atom is -0.497 e. The van der Waals surface area contributed by atoms with E-state index in [2.05, 4.69) is 21.2 Å². The summed E-state index contributed by atoms with van der Waals surface area (Å²) in [6, 6.07) is 12.2. The normalized spacial score (nSPS) is 10.3. The third-order valence-corrected chi connectivity index (χ3v) is 4.65. The zero-order valence-electron chi connectivity index (χ0n) is 14.6. The molecule has 2 amide bonds. The summed E-state index contributed by atoms with van der Waals surface area (Å²) < 4.78 is 5.92. The molecule has 0 spiro atoms. The van der Waals surface area contributed by atoms with Crippen LogP contribution in [0.25, 0.3) is 0 Å². The van der Waals surface area contributed by atoms with Crippen LogP contribution in [-0.4, -0.2) is 32.5 Å². The first-order chi connectivity index (χ1) is 12.4. The van der Waals surface area contributed by atoms with Crippen molar-refractivity contribution in [1.82, 2.24) is 5.32 Å². The van der Waals surface area contributed by atoms with Crippen molar-refractivity contribution in [3.8, 4) is 5.75 Å². The molecule has 0 saturated carbocycles. The van der Waals surface area contributed by atoms with Crippen LogP contribution in [0.1, 0.15) is 23.2 Å². The number of ether oxygens (including phenoxy) is 1. The van der Waals surface area contributed by atoms with Gasteiger partial charge in [-0.2, -0.15) is 0 Å². The fourth-order valence-corrected chi connectivity index (χ4v) is 3.14. The van der Waals surface area contributed by atoms with Crippen molar-refractivity contribution in [2.45, 2.75) is 12.8 Å². The lowest BCUT2D eigenvalue weighted by molar-refractivity contribution is -0.118. The summed E-state index contributed by atoms with van der Waals surface area (Å²) in [5, 5.41) is 3.31. The summed E-state index contributed by atoms with van der Waals surface area (Å²) in [4.78, 5) is 25.9. The number of anilines is 1. The van der Waals surface area contributed by atoms with Crippen LogP contribution in [0.15, 0.2) is 46.9 Å². The molecule has 138 valence electrons. The van der Waals surface area contributed by atoms with Gasteiger partial charge >= 0.3 is 0 Å². The zero-order valence-corrected chi connectivity index (χ0v) is 16.9. The second-order valence-electron chi connectivity index (χ2n) is 5.64. The molecule has 0 unspecified atom stereocenters. The largest absolute Gasteiger partial charge is 0.497 e. The van der Waals surface area contributed by atoms with Gasteiger partial charge in [0.05, 0.1) is 17.8 Å². The highest BCUT2D eigenvalue weighted by Crippen LogP contribution is 2.28. The van der Waals surface area contributed by atoms with Crippen molar-refractivity contribution < 1.29 is 14.3 Å². The quantitative estimate of drug-likeness (QED) is 0.655. The van der Waals surface area contributed by atoms with Gasteiger partial charge in [-0.05, 0) is 48.9 Å². The third-order valence-electron chi connectivity index (χ3n) is 3.85. The molecule has 0 atom stereocenters. The number of methoxy groups -OCH3 is 1. The minimum absolute atomic E-state index is 0.0621. The van der Waals surface area contributed by atoms with Crippen LogP contribution in [-0.2, 0) is 4.79 Å². The third kappa shape index (κ3) is 5.47. The summed E-state index contributed by atoms with van der Waals surface area (Å²) in [5.41, 5.74) is 1.21. The fraction of sp³-hybridized carbons (Fsp3) is 0.263. The number of hydrogen-bond acceptors (Lipinski definition) is 3. The smallest absolute Gasteiger partial charge is 0.251 e. The van der Waals surface area contributed by atoms with Crippen molar-refractivity contribution in [3.05, 3.63) is 57.5 Å². The lowest BCUT2D eigenvalue weighted by Gasteiger charge is -2.19. The number of rotatable bonds is 7. The molecule has 5 nitrogen and oxygen atoms in total. The van der Waals surface area contributed by atoms with Gasteiger partial charge in [-0.15, -0.1) is 0 Å². The first kappa shape index (κ1) is 20.3. The van der Waals surface area contributed by atoms with Gasteiger partial charge in [0.15, 0.2) is 0 Å². The maximum absolute atomic E-state index is 12.3. The molecule has 0 radical (unpaired) electrons. The predicted molar refractivity (Wildman–Crippen MR) is 107 cm³/mol. The average molecular weight is 440 g/mol. The minimum atomic E-state index is -0.176. The molecule has 7 heteroatoms. The van der Waals surface area contributed by atoms with E-state index in [1.165, 1.54) is 4.90 Å². The maximum Gasteiger partial charge on any atom is 0.251 e. The van der Waals surface area contributed by atoms with Gasteiger partial charge in [-0.25, -0.2) is 0 Å². The molecule has 26 heavy (non-hydrogen) atoms. The number of nitrogens with one attached hydrogen (secondary N) is 1. The van der Waals surface area contributed by atoms with E-state index in [1.807, 2.05) is 6.07 Å². The van der Waals surface area contributed by atoms with E-state index in [0.29, 0.717) is 41.4 Å². The molecule has 0 aromatic heterocycles. The Balaban J connectivity index is 1.79. The van der Waals surface area contributed by atoms with Crippen LogP contribution < -0.4 is 15.0 Å². The highest BCUT2D eigenvalue weighted by Gasteiger charge is 2.14. The average Bonchev–Trinajstić information content (AvgIpc) is 2.64. The van der Waals surface area contributed by atoms with E-state index in [4.69, 9.17) is 16.3 Å². The SMILES string of the molecule is COc1ccc(C(=O)NCCCC(=O)N(C)c2ccc(Br)cc2Cl)cc1. The van der Waals surface area contributed by atoms with Crippen LogP contribution in [0, 0.1) is 0 Å². The Bertz CT molecular complexity index is 781. The Labute approximate surface area is 166 Å². The fourth-order valence-electron chi connectivity index (χ4n) is 2.34. The number of halogens is 2. The van der Waals surface area contributed by atoms with E-state index in [0.717, 1.165) is 4.47 Å². The number of benzene rings is 2. The Hall–Kier alpha value is -2.05. The molecule has 0 aliphatic heterocycles. The van der Waals surface area contributed by atoms with Crippen LogP contribution in [0.3, 0.4) is 0 Å². The van der Waals surface area contributed by atoms with Crippen molar-refractivity contribution in [3.63, 3.8) is 0 Å². The second kappa shape index (κ2) is 9.59. The number of hydrogen-bond donors (Lipinski definition) is 1. The monoisotopic (exact) mass is 438 g/mol. The highest BCUT2D eigenvalue weighted by atomic mass is 79.9. The Morgan fingerprint density at radius 2 is 1.88 bits per heavy atom. The van der Waals surface area contributed by atoms with Crippen molar-refractivity contribution in [1.29, 1.82) is 0 Å². The van der Waals surface area contributed by atoms with Crippen LogP contribution >= 0.6 is 27.5 Å². The van der Waals surface area contributed by atoms with Gasteiger partial charge in [-0.1, -0.05) is 27.5 Å². The van der Waals surface area contributed by atoms with Gasteiger partial charge in [-0.3, -0.25) is 9.59 Å². The number of carbonyl (C=O) groups is 2. The van der Waals surface area contributed by atoms with Crippen molar-refractivity contribution in [2.24, 2.45) is 0 Å². The summed E-state index contributed by atoms with van der Waals surface area (Å²) in [6.45, 7) is 0.415. The summed E-state index contributed by atoms with van der Waals surface area (Å²) >= 11 is 9.51. The standard InChI is InChI=1S/C19H20BrClN2O3/c1-23(17-10-7-14(20)12-16(17)21)18(24)4-3-11-22-19(25)13-5-8-15(26-2)9-6-13/h5-10,12H,3-4,11H2,1-2H3,(H,22,25). The van der Waals surface area contributed by atoms with E-state index >= 15 is 0 Å². The molecule has 2 rings (SSSR count). The van der Waals surface area contributed by atoms with E-state index in [9.17, 15) is 9.59 Å². The summed E-state index contributed by atoms with van der Waals surface area (Å²) in [6.07, 6.45) is 0.852. The van der Waals surface area contributed by atoms with Crippen molar-refractivity contribution >= 4 is 45.0 Å². The van der Waals surface area contributed by atoms with E-state index in [1.54, 1.807) is 50.6 Å². The molecule has 2 aromatic rings. The van der Waals surface area contributed by atoms with Gasteiger partial charge in [0.1, 0.15) is 5.75 Å². The second-order valence-corrected chi connectivity index (χ2v) is 6.96. The van der Waals surface area contributed by atoms with E-state index in [-0.39, 0.29) is 11.8 Å². The maximum atomic E-state index is 12.3. The zero-order chi connectivity index (χ0) is 19.1. The van der Waals surface area contributed by atoms with Gasteiger partial charge in [0.2, 0.25) is 5.91 Å². The molecule has 1 N–H and O–H groups in total. The summed E-state index contributed by atoms with van der Waals surface area (Å²) in [7, 11) is 3.26. The van der Waals surface area contributed by atoms with Gasteiger partial charge in [0, 0.05) is 30.0 Å². The molecule has 2 aromatic carbocycles. The molecule has 0 fully saturated rings. The number of nitrogens with zero attached hydrogens (tertiary/aromatic N) is 1. The topological polar surface area (TPSA) is 58.6 Å². The van der Waals surface area contributed by atoms with Crippen LogP contribution in [0.4, 0.5) is 5.69 Å². The van der Waals surface area contributed by atoms with Crippen molar-refractivity contribution in [2.75, 3.05) is 25.6 Å². The molecule has 0 heterocycles. The van der Waals surface area contributed by atoms with Crippen LogP contribution in [0.5, 0.6) is 5.75 Å². The van der Waals surface area contributed by atoms with Crippen LogP contribution in [0.2, 0.25) is 5.02 Å². The molecular weight excluding hydrogens is 420 g/mol. The Morgan fingerprint density at radius 3 is 2.50 bits per heavy atom. The molecule has 0 saturated heterocycles. The van der Waals surface area contributed by atoms with E-state index < -0.39 is 0 Å². The predicted octanol–water partition coefficient (Wildman–Crippen LogP) is 4.28. The first-order valence-electron chi connectivity index (χ1n) is 8.06. The lowest BCUT2D eigenvalue weighted by atomic mass is 10.2. The van der Waals surface area contributed by atoms with Gasteiger partial charge < -0.3 is 15.0 Å². The molecule has 0 bridgehead atoms. The molecule has 0 aliphatic carbocycles. The lowest BCUT2D eigenvalue weighted by Crippen LogP contribution is -2.29. The molecule has 0 aliphatic rings.